The molecule has 2 atom stereocenters. The molecule has 0 spiro atoms. The number of rotatable bonds is 11. The molecule has 2 unspecified atom stereocenters. The standard InChI is InChI=1S/C22H29N7O3S2/c1-15-14-33-22-27-19(16-5-4-6-17(13-16)32-3)20(29(15)22)18-7-8-24-21(26-18)25-10-9-23-11-12-28(2)34(30)31/h4-8,13,15,23H,9-12,14H2,1-3H3,(H,30,31)(H,24,25,26). The Morgan fingerprint density at radius 1 is 1.29 bits per heavy atom. The first-order valence-corrected chi connectivity index (χ1v) is 13.0. The molecule has 0 aliphatic carbocycles. The van der Waals surface area contributed by atoms with Crippen LogP contribution in [0.2, 0.25) is 0 Å². The van der Waals surface area contributed by atoms with E-state index in [9.17, 15) is 4.21 Å². The van der Waals surface area contributed by atoms with Crippen LogP contribution in [0.3, 0.4) is 0 Å². The van der Waals surface area contributed by atoms with Crippen LogP contribution in [0.15, 0.2) is 41.7 Å². The molecule has 3 heterocycles. The van der Waals surface area contributed by atoms with Gasteiger partial charge in [0.2, 0.25) is 17.2 Å². The molecule has 10 nitrogen and oxygen atoms in total. The van der Waals surface area contributed by atoms with E-state index in [2.05, 4.69) is 27.1 Å². The molecule has 12 heteroatoms. The summed E-state index contributed by atoms with van der Waals surface area (Å²) in [4.78, 5) is 14.1. The van der Waals surface area contributed by atoms with Crippen molar-refractivity contribution in [1.29, 1.82) is 0 Å². The lowest BCUT2D eigenvalue weighted by molar-refractivity contribution is 0.415. The number of aromatic nitrogens is 4. The molecule has 0 amide bonds. The zero-order chi connectivity index (χ0) is 24.1. The fraction of sp³-hybridized carbons (Fsp3) is 0.409. The Morgan fingerprint density at radius 3 is 2.94 bits per heavy atom. The Morgan fingerprint density at radius 2 is 2.15 bits per heavy atom. The van der Waals surface area contributed by atoms with Crippen molar-refractivity contribution in [3.05, 3.63) is 36.5 Å². The highest BCUT2D eigenvalue weighted by Crippen LogP contribution is 2.43. The Kier molecular flexibility index (Phi) is 8.16. The second-order valence-electron chi connectivity index (χ2n) is 7.88. The molecule has 3 N–H and O–H groups in total. The summed E-state index contributed by atoms with van der Waals surface area (Å²) in [6, 6.07) is 10.1. The smallest absolute Gasteiger partial charge is 0.234 e. The molecule has 0 bridgehead atoms. The molecule has 4 rings (SSSR count). The van der Waals surface area contributed by atoms with Crippen LogP contribution in [0.5, 0.6) is 5.75 Å². The lowest BCUT2D eigenvalue weighted by Gasteiger charge is -2.14. The molecule has 1 aliphatic rings. The first-order valence-electron chi connectivity index (χ1n) is 11.0. The zero-order valence-electron chi connectivity index (χ0n) is 19.4. The van der Waals surface area contributed by atoms with Gasteiger partial charge in [0.25, 0.3) is 0 Å². The maximum absolute atomic E-state index is 10.9. The summed E-state index contributed by atoms with van der Waals surface area (Å²) >= 11 is -0.189. The number of anilines is 1. The number of methoxy groups -OCH3 is 1. The third-order valence-corrected chi connectivity index (χ3v) is 7.38. The largest absolute Gasteiger partial charge is 0.497 e. The normalized spacial score (nSPS) is 16.0. The zero-order valence-corrected chi connectivity index (χ0v) is 21.0. The summed E-state index contributed by atoms with van der Waals surface area (Å²) in [5.41, 5.74) is 3.65. The van der Waals surface area contributed by atoms with Crippen LogP contribution in [-0.2, 0) is 11.3 Å². The van der Waals surface area contributed by atoms with Gasteiger partial charge in [-0.25, -0.2) is 23.5 Å². The predicted molar refractivity (Wildman–Crippen MR) is 135 cm³/mol. The summed E-state index contributed by atoms with van der Waals surface area (Å²) < 4.78 is 29.0. The second kappa shape index (κ2) is 11.3. The van der Waals surface area contributed by atoms with Crippen LogP contribution in [-0.4, -0.2) is 78.7 Å². The average Bonchev–Trinajstić information content (AvgIpc) is 3.41. The van der Waals surface area contributed by atoms with Gasteiger partial charge in [-0.15, -0.1) is 0 Å². The van der Waals surface area contributed by atoms with Gasteiger partial charge < -0.3 is 19.9 Å². The molecule has 0 saturated heterocycles. The van der Waals surface area contributed by atoms with Crippen LogP contribution in [0, 0.1) is 0 Å². The van der Waals surface area contributed by atoms with Crippen molar-refractivity contribution in [1.82, 2.24) is 29.1 Å². The van der Waals surface area contributed by atoms with Gasteiger partial charge in [-0.3, -0.25) is 4.55 Å². The van der Waals surface area contributed by atoms with Crippen molar-refractivity contribution in [2.24, 2.45) is 0 Å². The first kappa shape index (κ1) is 24.6. The van der Waals surface area contributed by atoms with E-state index in [0.29, 0.717) is 38.2 Å². The molecule has 0 fully saturated rings. The van der Waals surface area contributed by atoms with Gasteiger partial charge >= 0.3 is 0 Å². The fourth-order valence-electron chi connectivity index (χ4n) is 3.69. The number of benzene rings is 1. The monoisotopic (exact) mass is 503 g/mol. The highest BCUT2D eigenvalue weighted by molar-refractivity contribution is 7.99. The Bertz CT molecular complexity index is 1160. The highest BCUT2D eigenvalue weighted by atomic mass is 32.2. The van der Waals surface area contributed by atoms with E-state index < -0.39 is 11.3 Å². The summed E-state index contributed by atoms with van der Waals surface area (Å²) in [7, 11) is 3.26. The number of ether oxygens (including phenoxy) is 1. The van der Waals surface area contributed by atoms with Gasteiger partial charge in [0.1, 0.15) is 5.75 Å². The van der Waals surface area contributed by atoms with Crippen LogP contribution in [0.4, 0.5) is 5.95 Å². The third-order valence-electron chi connectivity index (χ3n) is 5.47. The fourth-order valence-corrected chi connectivity index (χ4v) is 5.04. The van der Waals surface area contributed by atoms with E-state index in [1.807, 2.05) is 30.3 Å². The van der Waals surface area contributed by atoms with Gasteiger partial charge in [0, 0.05) is 56.8 Å². The summed E-state index contributed by atoms with van der Waals surface area (Å²) in [5, 5.41) is 7.47. The Balaban J connectivity index is 1.51. The van der Waals surface area contributed by atoms with Crippen LogP contribution in [0.25, 0.3) is 22.6 Å². The number of nitrogens with zero attached hydrogens (tertiary/aromatic N) is 5. The third kappa shape index (κ3) is 5.58. The Labute approximate surface area is 206 Å². The maximum Gasteiger partial charge on any atom is 0.234 e. The summed E-state index contributed by atoms with van der Waals surface area (Å²) in [6.07, 6.45) is 1.76. The van der Waals surface area contributed by atoms with Crippen molar-refractivity contribution in [2.45, 2.75) is 18.1 Å². The number of thioether (sulfide) groups is 1. The number of hydrogen-bond acceptors (Lipinski definition) is 8. The SMILES string of the molecule is COc1cccc(-c2nc3n(c2-c2ccnc(NCCNCCN(C)S(=O)O)n2)C(C)CS3)c1. The molecule has 0 radical (unpaired) electrons. The molecule has 1 aromatic carbocycles. The second-order valence-corrected chi connectivity index (χ2v) is 9.95. The summed E-state index contributed by atoms with van der Waals surface area (Å²) in [5.74, 6) is 2.30. The van der Waals surface area contributed by atoms with Crippen molar-refractivity contribution in [2.75, 3.05) is 51.4 Å². The molecular formula is C22H29N7O3S2. The molecule has 2 aromatic heterocycles. The molecule has 182 valence electrons. The summed E-state index contributed by atoms with van der Waals surface area (Å²) in [6.45, 7) is 4.57. The van der Waals surface area contributed by atoms with Crippen molar-refractivity contribution in [3.63, 3.8) is 0 Å². The molecule has 1 aliphatic heterocycles. The van der Waals surface area contributed by atoms with Crippen molar-refractivity contribution < 1.29 is 13.5 Å². The van der Waals surface area contributed by atoms with E-state index >= 15 is 0 Å². The van der Waals surface area contributed by atoms with Crippen LogP contribution < -0.4 is 15.4 Å². The number of hydrogen-bond donors (Lipinski definition) is 3. The lowest BCUT2D eigenvalue weighted by atomic mass is 10.1. The minimum Gasteiger partial charge on any atom is -0.497 e. The molecule has 0 saturated carbocycles. The first-order chi connectivity index (χ1) is 16.5. The quantitative estimate of drug-likeness (QED) is 0.268. The van der Waals surface area contributed by atoms with Crippen LogP contribution >= 0.6 is 11.8 Å². The number of imidazole rings is 1. The van der Waals surface area contributed by atoms with E-state index in [0.717, 1.165) is 39.3 Å². The maximum atomic E-state index is 10.9. The van der Waals surface area contributed by atoms with Crippen LogP contribution in [0.1, 0.15) is 13.0 Å². The minimum absolute atomic E-state index is 0.309. The minimum atomic E-state index is -1.94. The van der Waals surface area contributed by atoms with E-state index in [-0.39, 0.29) is 0 Å². The Hall–Kier alpha value is -2.51. The number of fused-ring (bicyclic) bond motifs is 1. The topological polar surface area (TPSA) is 117 Å². The highest BCUT2D eigenvalue weighted by Gasteiger charge is 2.29. The van der Waals surface area contributed by atoms with Crippen molar-refractivity contribution >= 4 is 29.0 Å². The van der Waals surface area contributed by atoms with Crippen molar-refractivity contribution in [3.8, 4) is 28.4 Å². The molecule has 34 heavy (non-hydrogen) atoms. The van der Waals surface area contributed by atoms with Gasteiger partial charge in [-0.1, -0.05) is 23.9 Å². The van der Waals surface area contributed by atoms with E-state index in [1.165, 1.54) is 4.31 Å². The van der Waals surface area contributed by atoms with E-state index in [4.69, 9.17) is 19.3 Å². The molecule has 3 aromatic rings. The van der Waals surface area contributed by atoms with Gasteiger partial charge in [0.05, 0.1) is 24.2 Å². The van der Waals surface area contributed by atoms with Gasteiger partial charge in [-0.2, -0.15) is 0 Å². The average molecular weight is 504 g/mol. The van der Waals surface area contributed by atoms with Gasteiger partial charge in [-0.05, 0) is 25.1 Å². The number of likely N-dealkylation sites (N-methyl/N-ethyl adjacent to an activating group) is 1. The number of nitrogens with one attached hydrogen (secondary N) is 2. The lowest BCUT2D eigenvalue weighted by Crippen LogP contribution is -2.32. The molecular weight excluding hydrogens is 474 g/mol. The predicted octanol–water partition coefficient (Wildman–Crippen LogP) is 2.75. The van der Waals surface area contributed by atoms with E-state index in [1.54, 1.807) is 32.1 Å². The van der Waals surface area contributed by atoms with Gasteiger partial charge in [0.15, 0.2) is 5.16 Å².